The van der Waals surface area contributed by atoms with E-state index in [1.54, 1.807) is 0 Å². The normalized spacial score (nSPS) is 12.3. The zero-order valence-corrected chi connectivity index (χ0v) is 22.8. The second-order valence-corrected chi connectivity index (χ2v) is 16.7. The molecule has 3 rings (SSSR count). The molecule has 0 unspecified atom stereocenters. The minimum Gasteiger partial charge on any atom is -0.382 e. The van der Waals surface area contributed by atoms with Crippen LogP contribution in [0.2, 0.25) is 25.7 Å². The van der Waals surface area contributed by atoms with E-state index in [2.05, 4.69) is 129 Å². The number of hydrogen-bond acceptors (Lipinski definition) is 2. The number of benzene rings is 3. The minimum absolute atomic E-state index is 0.231. The Balaban J connectivity index is 1.62. The number of thioether (sulfide) groups is 1. The third-order valence-corrected chi connectivity index (χ3v) is 9.13. The first-order chi connectivity index (χ1) is 16.5. The van der Waals surface area contributed by atoms with Gasteiger partial charge < -0.3 is 4.74 Å². The van der Waals surface area contributed by atoms with Crippen LogP contribution in [0.15, 0.2) is 103 Å². The number of ether oxygens (including phenoxy) is 1. The van der Waals surface area contributed by atoms with Gasteiger partial charge in [-0.15, -0.1) is 11.8 Å². The van der Waals surface area contributed by atoms with Gasteiger partial charge in [-0.1, -0.05) is 123 Å². The summed E-state index contributed by atoms with van der Waals surface area (Å²) < 4.78 is 5.56. The Morgan fingerprint density at radius 3 is 1.68 bits per heavy atom. The third kappa shape index (κ3) is 8.01. The van der Waals surface area contributed by atoms with Crippen molar-refractivity contribution < 1.29 is 4.74 Å². The van der Waals surface area contributed by atoms with Gasteiger partial charge in [-0.25, -0.2) is 0 Å². The van der Waals surface area contributed by atoms with Crippen molar-refractivity contribution in [1.82, 2.24) is 0 Å². The average molecular weight is 488 g/mol. The molecule has 179 valence electrons. The van der Waals surface area contributed by atoms with Crippen molar-refractivity contribution in [2.75, 3.05) is 19.0 Å². The molecule has 0 fully saturated rings. The van der Waals surface area contributed by atoms with Crippen LogP contribution >= 0.6 is 11.8 Å². The summed E-state index contributed by atoms with van der Waals surface area (Å²) in [4.78, 5) is 0. The monoisotopic (exact) mass is 487 g/mol. The van der Waals surface area contributed by atoms with E-state index in [0.717, 1.165) is 31.8 Å². The lowest BCUT2D eigenvalue weighted by Crippen LogP contribution is -2.26. The van der Waals surface area contributed by atoms with Crippen LogP contribution < -0.4 is 0 Å². The van der Waals surface area contributed by atoms with Crippen LogP contribution in [0, 0.1) is 6.42 Å². The number of allylic oxidation sites excluding steroid dienone is 2. The van der Waals surface area contributed by atoms with Gasteiger partial charge in [0.25, 0.3) is 0 Å². The summed E-state index contributed by atoms with van der Waals surface area (Å²) in [5, 5.41) is 0. The van der Waals surface area contributed by atoms with Gasteiger partial charge in [-0.2, -0.15) is 0 Å². The maximum atomic E-state index is 5.79. The van der Waals surface area contributed by atoms with Crippen LogP contribution in [0.5, 0.6) is 0 Å². The second-order valence-electron chi connectivity index (χ2n) is 9.79. The van der Waals surface area contributed by atoms with E-state index in [4.69, 9.17) is 4.74 Å². The van der Waals surface area contributed by atoms with Gasteiger partial charge in [-0.05, 0) is 47.7 Å². The number of unbranched alkanes of at least 4 members (excludes halogenated alkanes) is 1. The fraction of sp³-hybridized carbons (Fsp3) is 0.323. The summed E-state index contributed by atoms with van der Waals surface area (Å²) in [5.74, 6) is 1.04. The highest BCUT2D eigenvalue weighted by atomic mass is 32.2. The molecule has 0 atom stereocenters. The third-order valence-electron chi connectivity index (χ3n) is 5.84. The Kier molecular flexibility index (Phi) is 10.7. The Hall–Kier alpha value is -2.07. The largest absolute Gasteiger partial charge is 0.382 e. The second kappa shape index (κ2) is 13.7. The van der Waals surface area contributed by atoms with Crippen molar-refractivity contribution in [3.8, 4) is 0 Å². The van der Waals surface area contributed by atoms with Gasteiger partial charge >= 0.3 is 0 Å². The van der Waals surface area contributed by atoms with E-state index in [1.165, 1.54) is 22.7 Å². The average Bonchev–Trinajstić information content (AvgIpc) is 2.86. The predicted molar refractivity (Wildman–Crippen MR) is 153 cm³/mol. The number of hydrogen-bond donors (Lipinski definition) is 0. The highest BCUT2D eigenvalue weighted by Gasteiger charge is 2.36. The van der Waals surface area contributed by atoms with E-state index in [1.807, 2.05) is 11.8 Å². The molecule has 1 radical (unpaired) electrons. The summed E-state index contributed by atoms with van der Waals surface area (Å²) in [5.41, 5.74) is 3.97. The zero-order chi connectivity index (χ0) is 24.1. The van der Waals surface area contributed by atoms with Crippen molar-refractivity contribution in [3.05, 3.63) is 126 Å². The first-order valence-electron chi connectivity index (χ1n) is 12.4. The molecule has 0 bridgehead atoms. The molecule has 0 aliphatic carbocycles. The van der Waals surface area contributed by atoms with Crippen molar-refractivity contribution in [3.63, 3.8) is 0 Å². The molecule has 0 spiro atoms. The van der Waals surface area contributed by atoms with Crippen molar-refractivity contribution in [2.24, 2.45) is 0 Å². The minimum atomic E-state index is -0.988. The van der Waals surface area contributed by atoms with Crippen LogP contribution in [0.25, 0.3) is 0 Å². The van der Waals surface area contributed by atoms with E-state index >= 15 is 0 Å². The highest BCUT2D eigenvalue weighted by Crippen LogP contribution is 2.48. The molecular formula is C31H39OSSi. The fourth-order valence-electron chi connectivity index (χ4n) is 3.97. The molecule has 0 saturated carbocycles. The predicted octanol–water partition coefficient (Wildman–Crippen LogP) is 8.61. The summed E-state index contributed by atoms with van der Waals surface area (Å²) in [6.07, 6.45) is 8.75. The zero-order valence-electron chi connectivity index (χ0n) is 21.0. The highest BCUT2D eigenvalue weighted by molar-refractivity contribution is 8.00. The number of rotatable bonds is 14. The van der Waals surface area contributed by atoms with Gasteiger partial charge in [0.1, 0.15) is 0 Å². The topological polar surface area (TPSA) is 9.23 Å². The van der Waals surface area contributed by atoms with Crippen LogP contribution in [-0.4, -0.2) is 27.0 Å². The molecule has 0 aliphatic heterocycles. The van der Waals surface area contributed by atoms with Crippen LogP contribution in [-0.2, 0) is 9.48 Å². The molecule has 0 amide bonds. The first kappa shape index (κ1) is 26.5. The van der Waals surface area contributed by atoms with Gasteiger partial charge in [-0.3, -0.25) is 0 Å². The standard InChI is InChI=1S/C31H39OSSi/c1-34(2,3)27-25-32-24-16-5-4-6-17-26-33-31(28-18-10-7-11-19-28,29-20-12-8-13-21-29)30-22-14-9-15-23-30/h4-15,18-23H,16-17,24-27H2,1-3H3. The fourth-order valence-corrected chi connectivity index (χ4v) is 6.19. The van der Waals surface area contributed by atoms with E-state index in [9.17, 15) is 0 Å². The summed E-state index contributed by atoms with van der Waals surface area (Å²) in [7, 11) is -0.988. The van der Waals surface area contributed by atoms with E-state index < -0.39 is 8.07 Å². The molecule has 3 aromatic carbocycles. The lowest BCUT2D eigenvalue weighted by atomic mass is 9.84. The summed E-state index contributed by atoms with van der Waals surface area (Å²) in [6.45, 7) is 8.91. The SMILES string of the molecule is C[Si](C)(C)CCOCC[CH]C=CCCSC(c1ccccc1)(c1ccccc1)c1ccccc1. The van der Waals surface area contributed by atoms with Crippen molar-refractivity contribution in [1.29, 1.82) is 0 Å². The van der Waals surface area contributed by atoms with Crippen molar-refractivity contribution in [2.45, 2.75) is 43.3 Å². The first-order valence-corrected chi connectivity index (χ1v) is 17.1. The molecule has 0 saturated heterocycles. The molecule has 0 N–H and O–H groups in total. The van der Waals surface area contributed by atoms with Gasteiger partial charge in [0.15, 0.2) is 0 Å². The Morgan fingerprint density at radius 1 is 0.706 bits per heavy atom. The van der Waals surface area contributed by atoms with Gasteiger partial charge in [0.2, 0.25) is 0 Å². The maximum Gasteiger partial charge on any atom is 0.0907 e. The Labute approximate surface area is 212 Å². The lowest BCUT2D eigenvalue weighted by molar-refractivity contribution is 0.150. The van der Waals surface area contributed by atoms with Crippen LogP contribution in [0.1, 0.15) is 29.5 Å². The molecule has 0 heterocycles. The molecule has 1 nitrogen and oxygen atoms in total. The maximum absolute atomic E-state index is 5.79. The van der Waals surface area contributed by atoms with Crippen LogP contribution in [0.4, 0.5) is 0 Å². The molecular weight excluding hydrogens is 448 g/mol. The van der Waals surface area contributed by atoms with E-state index in [0.29, 0.717) is 0 Å². The molecule has 0 aromatic heterocycles. The van der Waals surface area contributed by atoms with E-state index in [-0.39, 0.29) is 4.75 Å². The molecule has 3 aromatic rings. The molecule has 3 heteroatoms. The molecule has 0 aliphatic rings. The quantitative estimate of drug-likeness (QED) is 0.128. The summed E-state index contributed by atoms with van der Waals surface area (Å²) in [6, 6.07) is 34.0. The molecule has 34 heavy (non-hydrogen) atoms. The Bertz CT molecular complexity index is 868. The lowest BCUT2D eigenvalue weighted by Gasteiger charge is -2.35. The summed E-state index contributed by atoms with van der Waals surface area (Å²) >= 11 is 2.02. The smallest absolute Gasteiger partial charge is 0.0907 e. The van der Waals surface area contributed by atoms with Crippen LogP contribution in [0.3, 0.4) is 0 Å². The Morgan fingerprint density at radius 2 is 1.21 bits per heavy atom. The van der Waals surface area contributed by atoms with Gasteiger partial charge in [0.05, 0.1) is 4.75 Å². The van der Waals surface area contributed by atoms with Gasteiger partial charge in [0, 0.05) is 21.3 Å². The van der Waals surface area contributed by atoms with Crippen molar-refractivity contribution >= 4 is 19.8 Å².